The molecule has 1 saturated carbocycles. The second kappa shape index (κ2) is 6.29. The van der Waals surface area contributed by atoms with E-state index in [1.165, 1.54) is 25.7 Å². The first-order valence-corrected chi connectivity index (χ1v) is 7.95. The lowest BCUT2D eigenvalue weighted by Gasteiger charge is -2.32. The molecule has 1 aliphatic carbocycles. The van der Waals surface area contributed by atoms with Gasteiger partial charge in [0.15, 0.2) is 0 Å². The molecule has 2 rings (SSSR count). The molecule has 100 valence electrons. The van der Waals surface area contributed by atoms with Gasteiger partial charge in [-0.25, -0.2) is 0 Å². The van der Waals surface area contributed by atoms with E-state index in [9.17, 15) is 0 Å². The van der Waals surface area contributed by atoms with Gasteiger partial charge in [0, 0.05) is 10.5 Å². The molecule has 1 aromatic rings. The van der Waals surface area contributed by atoms with Gasteiger partial charge < -0.3 is 5.32 Å². The highest BCUT2D eigenvalue weighted by Gasteiger charge is 2.24. The lowest BCUT2D eigenvalue weighted by Crippen LogP contribution is -2.29. The smallest absolute Gasteiger partial charge is 0.0648 e. The fourth-order valence-corrected chi connectivity index (χ4v) is 3.52. The van der Waals surface area contributed by atoms with Crippen molar-refractivity contribution >= 4 is 33.2 Å². The molecule has 1 aliphatic rings. The molecule has 1 N–H and O–H groups in total. The highest BCUT2D eigenvalue weighted by Crippen LogP contribution is 2.33. The van der Waals surface area contributed by atoms with E-state index in [-0.39, 0.29) is 0 Å². The van der Waals surface area contributed by atoms with Crippen LogP contribution in [0.5, 0.6) is 0 Å². The lowest BCUT2D eigenvalue weighted by atomic mass is 9.79. The van der Waals surface area contributed by atoms with Gasteiger partial charge in [0.05, 0.1) is 10.7 Å². The van der Waals surface area contributed by atoms with Crippen LogP contribution in [0.1, 0.15) is 39.5 Å². The van der Waals surface area contributed by atoms with E-state index in [1.807, 2.05) is 12.1 Å². The number of anilines is 1. The summed E-state index contributed by atoms with van der Waals surface area (Å²) in [6.45, 7) is 4.67. The molecule has 1 nitrogen and oxygen atoms in total. The molecule has 1 aromatic carbocycles. The standard InChI is InChI=1S/C15H21BrClN/c1-10(2)11-4-3-5-13(8-11)18-15-7-6-12(16)9-14(15)17/h6-7,9-11,13,18H,3-5,8H2,1-2H3. The predicted molar refractivity (Wildman–Crippen MR) is 83.4 cm³/mol. The van der Waals surface area contributed by atoms with Crippen molar-refractivity contribution in [1.29, 1.82) is 0 Å². The number of nitrogens with one attached hydrogen (secondary N) is 1. The Bertz CT molecular complexity index is 405. The van der Waals surface area contributed by atoms with Gasteiger partial charge in [-0.05, 0) is 42.9 Å². The van der Waals surface area contributed by atoms with E-state index < -0.39 is 0 Å². The molecule has 0 aliphatic heterocycles. The maximum atomic E-state index is 6.26. The highest BCUT2D eigenvalue weighted by atomic mass is 79.9. The molecular formula is C15H21BrClN. The molecule has 0 aromatic heterocycles. The van der Waals surface area contributed by atoms with Gasteiger partial charge in [-0.15, -0.1) is 0 Å². The zero-order valence-electron chi connectivity index (χ0n) is 11.0. The first kappa shape index (κ1) is 14.2. The number of hydrogen-bond acceptors (Lipinski definition) is 1. The number of benzene rings is 1. The SMILES string of the molecule is CC(C)C1CCCC(Nc2ccc(Br)cc2Cl)C1. The van der Waals surface area contributed by atoms with Crippen molar-refractivity contribution in [2.75, 3.05) is 5.32 Å². The summed E-state index contributed by atoms with van der Waals surface area (Å²) >= 11 is 9.69. The minimum absolute atomic E-state index is 0.574. The number of halogens is 2. The Morgan fingerprint density at radius 3 is 2.78 bits per heavy atom. The van der Waals surface area contributed by atoms with Crippen molar-refractivity contribution in [3.63, 3.8) is 0 Å². The Balaban J connectivity index is 2.00. The van der Waals surface area contributed by atoms with E-state index in [0.29, 0.717) is 6.04 Å². The minimum Gasteiger partial charge on any atom is -0.381 e. The van der Waals surface area contributed by atoms with Crippen LogP contribution in [0.15, 0.2) is 22.7 Å². The van der Waals surface area contributed by atoms with Crippen molar-refractivity contribution in [1.82, 2.24) is 0 Å². The second-order valence-electron chi connectivity index (χ2n) is 5.64. The second-order valence-corrected chi connectivity index (χ2v) is 6.96. The predicted octanol–water partition coefficient (Wildman–Crippen LogP) is 5.73. The van der Waals surface area contributed by atoms with Crippen molar-refractivity contribution in [3.05, 3.63) is 27.7 Å². The molecular weight excluding hydrogens is 310 g/mol. The van der Waals surface area contributed by atoms with Gasteiger partial charge in [-0.2, -0.15) is 0 Å². The van der Waals surface area contributed by atoms with E-state index in [4.69, 9.17) is 11.6 Å². The summed E-state index contributed by atoms with van der Waals surface area (Å²) in [4.78, 5) is 0. The summed E-state index contributed by atoms with van der Waals surface area (Å²) in [5.41, 5.74) is 1.06. The van der Waals surface area contributed by atoms with Gasteiger partial charge in [-0.3, -0.25) is 0 Å². The van der Waals surface area contributed by atoms with Crippen LogP contribution in [0.4, 0.5) is 5.69 Å². The Hall–Kier alpha value is -0.210. The Morgan fingerprint density at radius 1 is 1.33 bits per heavy atom. The molecule has 1 fully saturated rings. The largest absolute Gasteiger partial charge is 0.381 e. The Morgan fingerprint density at radius 2 is 2.11 bits per heavy atom. The summed E-state index contributed by atoms with van der Waals surface area (Å²) in [5, 5.41) is 4.41. The fourth-order valence-electron chi connectivity index (χ4n) is 2.79. The first-order chi connectivity index (χ1) is 8.56. The number of rotatable bonds is 3. The zero-order valence-corrected chi connectivity index (χ0v) is 13.4. The number of hydrogen-bond donors (Lipinski definition) is 1. The van der Waals surface area contributed by atoms with Crippen LogP contribution in [0.2, 0.25) is 5.02 Å². The molecule has 3 heteroatoms. The molecule has 0 heterocycles. The topological polar surface area (TPSA) is 12.0 Å². The Kier molecular flexibility index (Phi) is 4.97. The molecule has 18 heavy (non-hydrogen) atoms. The van der Waals surface area contributed by atoms with Crippen molar-refractivity contribution in [2.24, 2.45) is 11.8 Å². The molecule has 0 bridgehead atoms. The molecule has 0 saturated heterocycles. The van der Waals surface area contributed by atoms with Crippen LogP contribution in [0, 0.1) is 11.8 Å². The van der Waals surface area contributed by atoms with Crippen molar-refractivity contribution in [3.8, 4) is 0 Å². The van der Waals surface area contributed by atoms with Crippen LogP contribution < -0.4 is 5.32 Å². The van der Waals surface area contributed by atoms with Crippen molar-refractivity contribution < 1.29 is 0 Å². The molecule has 2 unspecified atom stereocenters. The summed E-state index contributed by atoms with van der Waals surface area (Å²) in [6, 6.07) is 6.62. The summed E-state index contributed by atoms with van der Waals surface area (Å²) in [6.07, 6.45) is 5.23. The van der Waals surface area contributed by atoms with Crippen LogP contribution in [-0.4, -0.2) is 6.04 Å². The average molecular weight is 331 g/mol. The maximum Gasteiger partial charge on any atom is 0.0648 e. The Labute approximate surface area is 123 Å². The summed E-state index contributed by atoms with van der Waals surface area (Å²) in [5.74, 6) is 1.64. The molecule has 0 spiro atoms. The maximum absolute atomic E-state index is 6.26. The van der Waals surface area contributed by atoms with Gasteiger partial charge in [0.2, 0.25) is 0 Å². The fraction of sp³-hybridized carbons (Fsp3) is 0.600. The van der Waals surface area contributed by atoms with E-state index in [1.54, 1.807) is 0 Å². The highest BCUT2D eigenvalue weighted by molar-refractivity contribution is 9.10. The van der Waals surface area contributed by atoms with Crippen LogP contribution >= 0.6 is 27.5 Å². The monoisotopic (exact) mass is 329 g/mol. The molecule has 2 atom stereocenters. The third-order valence-corrected chi connectivity index (χ3v) is 4.75. The van der Waals surface area contributed by atoms with Gasteiger partial charge in [0.25, 0.3) is 0 Å². The van der Waals surface area contributed by atoms with E-state index >= 15 is 0 Å². The first-order valence-electron chi connectivity index (χ1n) is 6.78. The zero-order chi connectivity index (χ0) is 13.1. The molecule has 0 radical (unpaired) electrons. The quantitative estimate of drug-likeness (QED) is 0.746. The van der Waals surface area contributed by atoms with Crippen LogP contribution in [0.3, 0.4) is 0 Å². The van der Waals surface area contributed by atoms with E-state index in [2.05, 4.69) is 41.2 Å². The third kappa shape index (κ3) is 3.64. The third-order valence-electron chi connectivity index (χ3n) is 3.95. The van der Waals surface area contributed by atoms with Crippen molar-refractivity contribution in [2.45, 2.75) is 45.6 Å². The average Bonchev–Trinajstić information content (AvgIpc) is 2.33. The molecule has 0 amide bonds. The van der Waals surface area contributed by atoms with Gasteiger partial charge in [0.1, 0.15) is 0 Å². The lowest BCUT2D eigenvalue weighted by molar-refractivity contribution is 0.264. The van der Waals surface area contributed by atoms with E-state index in [0.717, 1.165) is 27.0 Å². The van der Waals surface area contributed by atoms with Crippen LogP contribution in [0.25, 0.3) is 0 Å². The van der Waals surface area contributed by atoms with Crippen LogP contribution in [-0.2, 0) is 0 Å². The summed E-state index contributed by atoms with van der Waals surface area (Å²) in [7, 11) is 0. The van der Waals surface area contributed by atoms with Gasteiger partial charge in [-0.1, -0.05) is 54.2 Å². The van der Waals surface area contributed by atoms with Gasteiger partial charge >= 0.3 is 0 Å². The summed E-state index contributed by atoms with van der Waals surface area (Å²) < 4.78 is 1.03. The minimum atomic E-state index is 0.574. The normalized spacial score (nSPS) is 24.3.